The molecule has 4 rings (SSSR count). The van der Waals surface area contributed by atoms with Gasteiger partial charge in [-0.25, -0.2) is 0 Å². The fourth-order valence-corrected chi connectivity index (χ4v) is 6.49. The van der Waals surface area contributed by atoms with Crippen LogP contribution in [-0.4, -0.2) is 45.9 Å². The van der Waals surface area contributed by atoms with Crippen LogP contribution in [0.3, 0.4) is 0 Å². The first kappa shape index (κ1) is 20.7. The number of Topliss-reactive ketones (excluding diaryl/α,β-unsaturated/α-hetero) is 1. The molecule has 0 unspecified atom stereocenters. The number of hydrogen-bond donors (Lipinski definition) is 4. The van der Waals surface area contributed by atoms with Gasteiger partial charge in [0.05, 0.1) is 17.5 Å². The van der Waals surface area contributed by atoms with E-state index in [0.717, 1.165) is 44.4 Å². The molecule has 3 saturated carbocycles. The second-order valence-electron chi connectivity index (χ2n) is 9.21. The standard InChI is InChI=1S/C18H28N2O2.H2O4S/c1-17-6-5-11(21)7-10(17)3-4-12-13-8-15(19)20-18(13,2)9-14(22)16(12)17;1-5(2,3)4/h10-13,16,21H,3-9H2,1-2H3,(H2,19,20);(H2,1,2,3,4)/t10-,11+,12-,13-,16+,17-,18-;/m0./s1. The second-order valence-corrected chi connectivity index (χ2v) is 10.1. The van der Waals surface area contributed by atoms with Crippen LogP contribution in [0, 0.1) is 29.1 Å². The highest BCUT2D eigenvalue weighted by Crippen LogP contribution is 2.62. The van der Waals surface area contributed by atoms with Crippen molar-refractivity contribution < 1.29 is 27.4 Å². The SMILES string of the molecule is C[C@]12CC[C@@H](O)C[C@@H]1CC[C@@H]1[C@@H]2C(=O)C[C@]2(C)N=C(N)C[C@@H]12.O=S(=O)(O)O. The molecule has 0 spiro atoms. The Hall–Kier alpha value is -1.03. The molecule has 9 heteroatoms. The minimum atomic E-state index is -4.67. The van der Waals surface area contributed by atoms with E-state index < -0.39 is 10.4 Å². The van der Waals surface area contributed by atoms with E-state index in [1.165, 1.54) is 0 Å². The highest BCUT2D eigenvalue weighted by atomic mass is 32.3. The fourth-order valence-electron chi connectivity index (χ4n) is 6.49. The molecule has 0 saturated heterocycles. The summed E-state index contributed by atoms with van der Waals surface area (Å²) in [6.07, 6.45) is 6.24. The van der Waals surface area contributed by atoms with Crippen molar-refractivity contribution in [2.75, 3.05) is 0 Å². The molecule has 0 bridgehead atoms. The molecule has 0 aromatic carbocycles. The van der Waals surface area contributed by atoms with Gasteiger partial charge in [-0.1, -0.05) is 6.92 Å². The van der Waals surface area contributed by atoms with Gasteiger partial charge in [-0.2, -0.15) is 8.42 Å². The lowest BCUT2D eigenvalue weighted by Crippen LogP contribution is -2.58. The molecule has 0 radical (unpaired) electrons. The third-order valence-corrected chi connectivity index (χ3v) is 7.52. The molecule has 4 aliphatic rings. The summed E-state index contributed by atoms with van der Waals surface area (Å²) in [4.78, 5) is 17.7. The maximum atomic E-state index is 13.1. The zero-order chi connectivity index (χ0) is 20.2. The van der Waals surface area contributed by atoms with E-state index in [0.29, 0.717) is 30.0 Å². The number of amidine groups is 1. The lowest BCUT2D eigenvalue weighted by Gasteiger charge is -2.58. The van der Waals surface area contributed by atoms with Crippen LogP contribution < -0.4 is 5.73 Å². The van der Waals surface area contributed by atoms with Crippen LogP contribution >= 0.6 is 0 Å². The molecule has 1 heterocycles. The van der Waals surface area contributed by atoms with E-state index in [1.807, 2.05) is 0 Å². The zero-order valence-electron chi connectivity index (χ0n) is 15.8. The fraction of sp³-hybridized carbons (Fsp3) is 0.889. The van der Waals surface area contributed by atoms with E-state index in [-0.39, 0.29) is 23.0 Å². The van der Waals surface area contributed by atoms with Crippen molar-refractivity contribution in [2.45, 2.75) is 70.4 Å². The predicted molar refractivity (Wildman–Crippen MR) is 99.6 cm³/mol. The van der Waals surface area contributed by atoms with E-state index in [2.05, 4.69) is 18.8 Å². The number of aliphatic hydroxyl groups excluding tert-OH is 1. The number of hydrogen-bond acceptors (Lipinski definition) is 6. The van der Waals surface area contributed by atoms with Crippen LogP contribution in [-0.2, 0) is 15.2 Å². The van der Waals surface area contributed by atoms with Gasteiger partial charge >= 0.3 is 10.4 Å². The quantitative estimate of drug-likeness (QED) is 0.450. The minimum absolute atomic E-state index is 0.0813. The van der Waals surface area contributed by atoms with Crippen molar-refractivity contribution in [1.82, 2.24) is 0 Å². The first-order chi connectivity index (χ1) is 12.3. The molecule has 27 heavy (non-hydrogen) atoms. The molecule has 5 N–H and O–H groups in total. The summed E-state index contributed by atoms with van der Waals surface area (Å²) in [7, 11) is -4.67. The van der Waals surface area contributed by atoms with Gasteiger partial charge in [0.25, 0.3) is 0 Å². The summed E-state index contributed by atoms with van der Waals surface area (Å²) in [6.45, 7) is 4.45. The zero-order valence-corrected chi connectivity index (χ0v) is 16.7. The maximum absolute atomic E-state index is 13.1. The minimum Gasteiger partial charge on any atom is -0.393 e. The van der Waals surface area contributed by atoms with Crippen molar-refractivity contribution in [3.05, 3.63) is 0 Å². The smallest absolute Gasteiger partial charge is 0.393 e. The number of ketones is 1. The Labute approximate surface area is 160 Å². The molecule has 0 aromatic heterocycles. The van der Waals surface area contributed by atoms with Gasteiger partial charge < -0.3 is 10.8 Å². The average Bonchev–Trinajstić information content (AvgIpc) is 2.79. The van der Waals surface area contributed by atoms with E-state index in [9.17, 15) is 9.90 Å². The summed E-state index contributed by atoms with van der Waals surface area (Å²) in [5.41, 5.74) is 5.87. The van der Waals surface area contributed by atoms with Gasteiger partial charge in [-0.15, -0.1) is 0 Å². The number of carbonyl (C=O) groups is 1. The van der Waals surface area contributed by atoms with Gasteiger partial charge in [-0.05, 0) is 62.2 Å². The Kier molecular flexibility index (Phi) is 5.20. The molecular formula is C18H30N2O6S. The number of aliphatic imine (C=N–C) groups is 1. The molecular weight excluding hydrogens is 372 g/mol. The lowest BCUT2D eigenvalue weighted by atomic mass is 9.45. The average molecular weight is 403 g/mol. The van der Waals surface area contributed by atoms with Crippen LogP contribution in [0.1, 0.15) is 58.8 Å². The van der Waals surface area contributed by atoms with Crippen LogP contribution in [0.25, 0.3) is 0 Å². The van der Waals surface area contributed by atoms with E-state index >= 15 is 0 Å². The normalized spacial score (nSPS) is 46.3. The predicted octanol–water partition coefficient (Wildman–Crippen LogP) is 1.64. The molecule has 1 aliphatic heterocycles. The highest BCUT2D eigenvalue weighted by Gasteiger charge is 2.61. The van der Waals surface area contributed by atoms with Gasteiger partial charge in [-0.3, -0.25) is 18.9 Å². The number of fused-ring (bicyclic) bond motifs is 5. The molecule has 3 aliphatic carbocycles. The molecule has 154 valence electrons. The van der Waals surface area contributed by atoms with Crippen LogP contribution in [0.4, 0.5) is 0 Å². The molecule has 0 amide bonds. The van der Waals surface area contributed by atoms with Crippen LogP contribution in [0.15, 0.2) is 4.99 Å². The molecule has 7 atom stereocenters. The third-order valence-electron chi connectivity index (χ3n) is 7.52. The molecule has 8 nitrogen and oxygen atoms in total. The summed E-state index contributed by atoms with van der Waals surface area (Å²) < 4.78 is 31.6. The summed E-state index contributed by atoms with van der Waals surface area (Å²) >= 11 is 0. The van der Waals surface area contributed by atoms with Gasteiger partial charge in [0.1, 0.15) is 5.78 Å². The number of nitrogens with zero attached hydrogens (tertiary/aromatic N) is 1. The topological polar surface area (TPSA) is 150 Å². The Morgan fingerprint density at radius 3 is 2.44 bits per heavy atom. The van der Waals surface area contributed by atoms with Crippen LogP contribution in [0.5, 0.6) is 0 Å². The second kappa shape index (κ2) is 6.79. The van der Waals surface area contributed by atoms with Crippen LogP contribution in [0.2, 0.25) is 0 Å². The summed E-state index contributed by atoms with van der Waals surface area (Å²) in [5.74, 6) is 2.70. The number of nitrogens with two attached hydrogens (primary N) is 1. The highest BCUT2D eigenvalue weighted by molar-refractivity contribution is 7.79. The maximum Gasteiger partial charge on any atom is 0.394 e. The molecule has 3 fully saturated rings. The van der Waals surface area contributed by atoms with Crippen molar-refractivity contribution in [2.24, 2.45) is 39.8 Å². The first-order valence-electron chi connectivity index (χ1n) is 9.58. The van der Waals surface area contributed by atoms with Crippen molar-refractivity contribution in [3.8, 4) is 0 Å². The van der Waals surface area contributed by atoms with Gasteiger partial charge in [0, 0.05) is 18.8 Å². The van der Waals surface area contributed by atoms with Crippen molar-refractivity contribution in [1.29, 1.82) is 0 Å². The monoisotopic (exact) mass is 402 g/mol. The Morgan fingerprint density at radius 1 is 1.19 bits per heavy atom. The Morgan fingerprint density at radius 2 is 1.81 bits per heavy atom. The van der Waals surface area contributed by atoms with E-state index in [1.54, 1.807) is 0 Å². The van der Waals surface area contributed by atoms with E-state index in [4.69, 9.17) is 23.3 Å². The lowest BCUT2D eigenvalue weighted by molar-refractivity contribution is -0.154. The van der Waals surface area contributed by atoms with Gasteiger partial charge in [0.15, 0.2) is 0 Å². The van der Waals surface area contributed by atoms with Gasteiger partial charge in [0.2, 0.25) is 0 Å². The molecule has 0 aromatic rings. The van der Waals surface area contributed by atoms with Crippen molar-refractivity contribution in [3.63, 3.8) is 0 Å². The third kappa shape index (κ3) is 3.92. The van der Waals surface area contributed by atoms with Crippen molar-refractivity contribution >= 4 is 22.0 Å². The number of carbonyl (C=O) groups excluding carboxylic acids is 1. The summed E-state index contributed by atoms with van der Waals surface area (Å²) in [6, 6.07) is 0. The Balaban J connectivity index is 0.000000376. The number of rotatable bonds is 0. The number of aliphatic hydroxyl groups is 1. The largest absolute Gasteiger partial charge is 0.394 e. The Bertz CT molecular complexity index is 745. The first-order valence-corrected chi connectivity index (χ1v) is 11.0. The summed E-state index contributed by atoms with van der Waals surface area (Å²) in [5, 5.41) is 10.0.